The molecule has 0 atom stereocenters. The second-order valence-corrected chi connectivity index (χ2v) is 6.58. The molecule has 114 valence electrons. The molecule has 1 aliphatic carbocycles. The van der Waals surface area contributed by atoms with Gasteiger partial charge in [-0.1, -0.05) is 27.7 Å². The molecule has 0 unspecified atom stereocenters. The lowest BCUT2D eigenvalue weighted by atomic mass is 10.0. The normalized spacial score (nSPS) is 19.2. The average Bonchev–Trinajstić information content (AvgIpc) is 2.76. The van der Waals surface area contributed by atoms with Gasteiger partial charge in [-0.3, -0.25) is 20.2 Å². The predicted molar refractivity (Wildman–Crippen MR) is 77.9 cm³/mol. The summed E-state index contributed by atoms with van der Waals surface area (Å²) in [6.07, 6.45) is 0. The van der Waals surface area contributed by atoms with Crippen molar-refractivity contribution in [3.63, 3.8) is 0 Å². The molecule has 7 nitrogen and oxygen atoms in total. The van der Waals surface area contributed by atoms with Crippen LogP contribution in [0.3, 0.4) is 0 Å². The van der Waals surface area contributed by atoms with Gasteiger partial charge >= 0.3 is 0 Å². The Labute approximate surface area is 122 Å². The zero-order valence-electron chi connectivity index (χ0n) is 12.5. The lowest BCUT2D eigenvalue weighted by Crippen LogP contribution is -2.22. The van der Waals surface area contributed by atoms with Crippen molar-refractivity contribution in [2.24, 2.45) is 10.8 Å². The van der Waals surface area contributed by atoms with E-state index in [9.17, 15) is 20.2 Å². The van der Waals surface area contributed by atoms with Gasteiger partial charge in [-0.25, -0.2) is 0 Å². The highest BCUT2D eigenvalue weighted by atomic mass is 16.6. The van der Waals surface area contributed by atoms with Crippen molar-refractivity contribution < 1.29 is 9.85 Å². The van der Waals surface area contributed by atoms with Crippen molar-refractivity contribution in [1.82, 2.24) is 5.32 Å². The van der Waals surface area contributed by atoms with Crippen LogP contribution in [0.2, 0.25) is 0 Å². The van der Waals surface area contributed by atoms with E-state index in [2.05, 4.69) is 33.0 Å². The number of hydrogen-bond donors (Lipinski definition) is 1. The Morgan fingerprint density at radius 1 is 1.10 bits per heavy atom. The van der Waals surface area contributed by atoms with Gasteiger partial charge in [-0.2, -0.15) is 0 Å². The van der Waals surface area contributed by atoms with Gasteiger partial charge in [0, 0.05) is 24.2 Å². The lowest BCUT2D eigenvalue weighted by molar-refractivity contribution is -0.394. The molecule has 21 heavy (non-hydrogen) atoms. The molecule has 0 aliphatic heterocycles. The van der Waals surface area contributed by atoms with Crippen LogP contribution in [0.25, 0.3) is 0 Å². The Balaban J connectivity index is 2.18. The molecule has 1 aromatic carbocycles. The van der Waals surface area contributed by atoms with E-state index in [0.29, 0.717) is 12.1 Å². The largest absolute Gasteiger partial charge is 0.309 e. The van der Waals surface area contributed by atoms with E-state index in [1.807, 2.05) is 0 Å². The van der Waals surface area contributed by atoms with Crippen LogP contribution in [0.1, 0.15) is 33.3 Å². The maximum absolute atomic E-state index is 11.1. The Hall–Kier alpha value is -2.02. The SMILES string of the molecule is CC1(C)C(NCc2ccc([N+](=O)[O-])cc2[N+](=O)[O-])C1(C)C. The second kappa shape index (κ2) is 4.77. The standard InChI is InChI=1S/C14H19N3O4/c1-13(2)12(14(13,3)4)15-8-9-5-6-10(16(18)19)7-11(9)17(20)21/h5-7,12,15H,8H2,1-4H3. The molecule has 1 fully saturated rings. The molecule has 0 heterocycles. The number of benzene rings is 1. The van der Waals surface area contributed by atoms with Crippen LogP contribution in [0.5, 0.6) is 0 Å². The van der Waals surface area contributed by atoms with Crippen LogP contribution in [0.4, 0.5) is 11.4 Å². The topological polar surface area (TPSA) is 98.3 Å². The molecule has 7 heteroatoms. The molecule has 1 saturated carbocycles. The number of nitro groups is 2. The average molecular weight is 293 g/mol. The maximum Gasteiger partial charge on any atom is 0.280 e. The van der Waals surface area contributed by atoms with Crippen molar-refractivity contribution in [2.45, 2.75) is 40.3 Å². The summed E-state index contributed by atoms with van der Waals surface area (Å²) in [7, 11) is 0. The summed E-state index contributed by atoms with van der Waals surface area (Å²) in [5, 5.41) is 25.1. The fraction of sp³-hybridized carbons (Fsp3) is 0.571. The summed E-state index contributed by atoms with van der Waals surface area (Å²) >= 11 is 0. The van der Waals surface area contributed by atoms with E-state index in [-0.39, 0.29) is 28.2 Å². The third-order valence-electron chi connectivity index (χ3n) is 4.99. The van der Waals surface area contributed by atoms with Gasteiger partial charge in [0.05, 0.1) is 15.9 Å². The molecular weight excluding hydrogens is 274 g/mol. The third kappa shape index (κ3) is 2.49. The summed E-state index contributed by atoms with van der Waals surface area (Å²) in [6, 6.07) is 4.03. The Morgan fingerprint density at radius 3 is 2.10 bits per heavy atom. The Morgan fingerprint density at radius 2 is 1.67 bits per heavy atom. The van der Waals surface area contributed by atoms with Crippen LogP contribution in [-0.2, 0) is 6.54 Å². The molecule has 0 radical (unpaired) electrons. The number of non-ortho nitro benzene ring substituents is 1. The minimum Gasteiger partial charge on any atom is -0.309 e. The third-order valence-corrected chi connectivity index (χ3v) is 4.99. The van der Waals surface area contributed by atoms with Crippen molar-refractivity contribution in [1.29, 1.82) is 0 Å². The van der Waals surface area contributed by atoms with Gasteiger partial charge in [0.25, 0.3) is 11.4 Å². The molecule has 1 N–H and O–H groups in total. The van der Waals surface area contributed by atoms with Gasteiger partial charge in [0.1, 0.15) is 0 Å². The summed E-state index contributed by atoms with van der Waals surface area (Å²) in [5.41, 5.74) is 0.236. The Kier molecular flexibility index (Phi) is 3.49. The molecular formula is C14H19N3O4. The summed E-state index contributed by atoms with van der Waals surface area (Å²) in [5.74, 6) is 0. The fourth-order valence-electron chi connectivity index (χ4n) is 2.90. The van der Waals surface area contributed by atoms with Crippen molar-refractivity contribution >= 4 is 11.4 Å². The molecule has 0 amide bonds. The zero-order chi connectivity index (χ0) is 16.0. The van der Waals surface area contributed by atoms with Crippen LogP contribution in [0.15, 0.2) is 18.2 Å². The summed E-state index contributed by atoms with van der Waals surface area (Å²) in [6.45, 7) is 8.92. The first kappa shape index (κ1) is 15.4. The molecule has 0 spiro atoms. The highest BCUT2D eigenvalue weighted by molar-refractivity contribution is 5.49. The zero-order valence-corrected chi connectivity index (χ0v) is 12.5. The number of nitro benzene ring substituents is 2. The monoisotopic (exact) mass is 293 g/mol. The van der Waals surface area contributed by atoms with Gasteiger partial charge in [0.15, 0.2) is 0 Å². The van der Waals surface area contributed by atoms with E-state index in [1.54, 1.807) is 0 Å². The van der Waals surface area contributed by atoms with E-state index in [4.69, 9.17) is 0 Å². The fourth-order valence-corrected chi connectivity index (χ4v) is 2.90. The highest BCUT2D eigenvalue weighted by Gasteiger charge is 2.64. The smallest absolute Gasteiger partial charge is 0.280 e. The minimum atomic E-state index is -0.628. The van der Waals surface area contributed by atoms with Gasteiger partial charge in [-0.05, 0) is 16.9 Å². The second-order valence-electron chi connectivity index (χ2n) is 6.58. The predicted octanol–water partition coefficient (Wildman–Crippen LogP) is 3.03. The van der Waals surface area contributed by atoms with Gasteiger partial charge < -0.3 is 5.32 Å². The summed E-state index contributed by atoms with van der Waals surface area (Å²) in [4.78, 5) is 20.6. The van der Waals surface area contributed by atoms with Crippen LogP contribution < -0.4 is 5.32 Å². The first-order valence-corrected chi connectivity index (χ1v) is 6.74. The van der Waals surface area contributed by atoms with Crippen LogP contribution in [0, 0.1) is 31.1 Å². The summed E-state index contributed by atoms with van der Waals surface area (Å²) < 4.78 is 0. The number of rotatable bonds is 5. The maximum atomic E-state index is 11.1. The first-order chi connectivity index (χ1) is 9.59. The molecule has 1 aromatic rings. The van der Waals surface area contributed by atoms with E-state index >= 15 is 0 Å². The minimum absolute atomic E-state index is 0.128. The quantitative estimate of drug-likeness (QED) is 0.664. The number of nitrogens with one attached hydrogen (secondary N) is 1. The van der Waals surface area contributed by atoms with E-state index in [0.717, 1.165) is 6.07 Å². The van der Waals surface area contributed by atoms with Gasteiger partial charge in [-0.15, -0.1) is 0 Å². The van der Waals surface area contributed by atoms with Crippen molar-refractivity contribution in [3.05, 3.63) is 44.0 Å². The molecule has 1 aliphatic rings. The molecule has 2 rings (SSSR count). The van der Waals surface area contributed by atoms with Gasteiger partial charge in [0.2, 0.25) is 0 Å². The van der Waals surface area contributed by atoms with E-state index in [1.165, 1.54) is 12.1 Å². The van der Waals surface area contributed by atoms with Crippen molar-refractivity contribution in [3.8, 4) is 0 Å². The first-order valence-electron chi connectivity index (χ1n) is 6.74. The van der Waals surface area contributed by atoms with Crippen LogP contribution >= 0.6 is 0 Å². The highest BCUT2D eigenvalue weighted by Crippen LogP contribution is 2.62. The van der Waals surface area contributed by atoms with Crippen molar-refractivity contribution in [2.75, 3.05) is 0 Å². The Bertz CT molecular complexity index is 596. The van der Waals surface area contributed by atoms with Crippen LogP contribution in [-0.4, -0.2) is 15.9 Å². The molecule has 0 aromatic heterocycles. The number of nitrogens with zero attached hydrogens (tertiary/aromatic N) is 2. The lowest BCUT2D eigenvalue weighted by Gasteiger charge is -2.07. The molecule has 0 saturated heterocycles. The van der Waals surface area contributed by atoms with E-state index < -0.39 is 9.85 Å². The number of hydrogen-bond acceptors (Lipinski definition) is 5. The molecule has 0 bridgehead atoms.